The molecule has 1 saturated heterocycles. The molecule has 2 aromatic carbocycles. The van der Waals surface area contributed by atoms with Crippen LogP contribution in [0.3, 0.4) is 0 Å². The summed E-state index contributed by atoms with van der Waals surface area (Å²) in [5.41, 5.74) is 1.23. The molecule has 4 rings (SSSR count). The van der Waals surface area contributed by atoms with Crippen LogP contribution < -0.4 is 0 Å². The third kappa shape index (κ3) is 6.24. The van der Waals surface area contributed by atoms with Gasteiger partial charge in [0.05, 0.1) is 25.6 Å². The van der Waals surface area contributed by atoms with E-state index in [9.17, 15) is 0 Å². The van der Waals surface area contributed by atoms with Crippen molar-refractivity contribution in [2.24, 2.45) is 0 Å². The van der Waals surface area contributed by atoms with E-state index in [2.05, 4.69) is 41.4 Å². The van der Waals surface area contributed by atoms with Crippen LogP contribution in [0.15, 0.2) is 78.2 Å². The average molecular weight is 451 g/mol. The number of benzene rings is 2. The molecule has 1 aromatic heterocycles. The van der Waals surface area contributed by atoms with Crippen LogP contribution in [0.5, 0.6) is 0 Å². The molecule has 2 heterocycles. The predicted molar refractivity (Wildman–Crippen MR) is 120 cm³/mol. The third-order valence-electron chi connectivity index (χ3n) is 4.78. The lowest BCUT2D eigenvalue weighted by molar-refractivity contribution is -0.180. The van der Waals surface area contributed by atoms with E-state index in [0.717, 1.165) is 23.6 Å². The van der Waals surface area contributed by atoms with Crippen LogP contribution in [0.2, 0.25) is 5.02 Å². The monoisotopic (exact) mass is 450 g/mol. The maximum Gasteiger partial charge on any atom is 0.187 e. The smallest absolute Gasteiger partial charge is 0.187 e. The highest BCUT2D eigenvalue weighted by atomic mass is 35.5. The van der Waals surface area contributed by atoms with Gasteiger partial charge in [0, 0.05) is 34.5 Å². The van der Waals surface area contributed by atoms with Gasteiger partial charge in [0.2, 0.25) is 0 Å². The summed E-state index contributed by atoms with van der Waals surface area (Å²) < 4.78 is 14.7. The lowest BCUT2D eigenvalue weighted by Crippen LogP contribution is -2.37. The molecule has 0 amide bonds. The first-order valence-electron chi connectivity index (χ1n) is 9.41. The number of imidazole rings is 1. The molecule has 2 atom stereocenters. The molecule has 29 heavy (non-hydrogen) atoms. The minimum atomic E-state index is -0.637. The fourth-order valence-electron chi connectivity index (χ4n) is 3.34. The second-order valence-electron chi connectivity index (χ2n) is 6.95. The molecule has 154 valence electrons. The summed E-state index contributed by atoms with van der Waals surface area (Å²) in [4.78, 5) is 5.40. The summed E-state index contributed by atoms with van der Waals surface area (Å²) in [6, 6.07) is 18.4. The van der Waals surface area contributed by atoms with Gasteiger partial charge in [-0.1, -0.05) is 41.9 Å². The number of halogens is 2. The van der Waals surface area contributed by atoms with Gasteiger partial charge in [-0.05, 0) is 36.2 Å². The van der Waals surface area contributed by atoms with Gasteiger partial charge in [0.25, 0.3) is 0 Å². The first kappa shape index (κ1) is 22.2. The standard InChI is InChI=1S/C22H23ClN2O2S.ClH/c23-19-8-6-18(7-9-19)10-11-22(16-25-13-12-24-17-25)26-14-20(27-22)15-28-21-4-2-1-3-5-21;/h1-9,12-13,17,20H,10-11,14-16H2;1H. The van der Waals surface area contributed by atoms with Crippen LogP contribution in [0.25, 0.3) is 0 Å². The van der Waals surface area contributed by atoms with Crippen molar-refractivity contribution in [3.63, 3.8) is 0 Å². The number of aryl methyl sites for hydroxylation is 1. The molecule has 0 saturated carbocycles. The first-order chi connectivity index (χ1) is 13.7. The van der Waals surface area contributed by atoms with Gasteiger partial charge in [-0.15, -0.1) is 24.2 Å². The number of hydrogen-bond donors (Lipinski definition) is 0. The van der Waals surface area contributed by atoms with E-state index in [-0.39, 0.29) is 18.5 Å². The lowest BCUT2D eigenvalue weighted by atomic mass is 10.0. The number of hydrogen-bond acceptors (Lipinski definition) is 4. The van der Waals surface area contributed by atoms with Crippen molar-refractivity contribution >= 4 is 35.8 Å². The molecule has 0 bridgehead atoms. The Labute approximate surface area is 187 Å². The third-order valence-corrected chi connectivity index (χ3v) is 6.18. The van der Waals surface area contributed by atoms with E-state index in [1.54, 1.807) is 18.0 Å². The van der Waals surface area contributed by atoms with Crippen molar-refractivity contribution < 1.29 is 9.47 Å². The Balaban J connectivity index is 0.00000240. The number of ether oxygens (including phenoxy) is 2. The summed E-state index contributed by atoms with van der Waals surface area (Å²) in [5.74, 6) is 0.235. The van der Waals surface area contributed by atoms with Crippen LogP contribution in [-0.2, 0) is 22.4 Å². The van der Waals surface area contributed by atoms with Gasteiger partial charge in [0.15, 0.2) is 5.79 Å². The van der Waals surface area contributed by atoms with E-state index < -0.39 is 5.79 Å². The quantitative estimate of drug-likeness (QED) is 0.424. The normalized spacial score (nSPS) is 21.1. The Bertz CT molecular complexity index is 862. The number of aromatic nitrogens is 2. The van der Waals surface area contributed by atoms with E-state index in [1.807, 2.05) is 35.3 Å². The molecular formula is C22H24Cl2N2O2S. The van der Waals surface area contributed by atoms with Crippen LogP contribution in [0.4, 0.5) is 0 Å². The fourth-order valence-corrected chi connectivity index (χ4v) is 4.36. The Hall–Kier alpha value is -1.50. The molecule has 0 aliphatic carbocycles. The van der Waals surface area contributed by atoms with Gasteiger partial charge in [0.1, 0.15) is 0 Å². The highest BCUT2D eigenvalue weighted by molar-refractivity contribution is 7.99. The zero-order valence-corrected chi connectivity index (χ0v) is 18.3. The molecule has 1 fully saturated rings. The van der Waals surface area contributed by atoms with Crippen molar-refractivity contribution in [2.75, 3.05) is 12.4 Å². The molecule has 4 nitrogen and oxygen atoms in total. The highest BCUT2D eigenvalue weighted by Gasteiger charge is 2.41. The van der Waals surface area contributed by atoms with E-state index >= 15 is 0 Å². The largest absolute Gasteiger partial charge is 0.345 e. The second-order valence-corrected chi connectivity index (χ2v) is 8.48. The number of thioether (sulfide) groups is 1. The molecule has 2 unspecified atom stereocenters. The fraction of sp³-hybridized carbons (Fsp3) is 0.318. The van der Waals surface area contributed by atoms with Gasteiger partial charge in [-0.3, -0.25) is 0 Å². The molecule has 1 aliphatic rings. The molecule has 3 aromatic rings. The Morgan fingerprint density at radius 2 is 1.93 bits per heavy atom. The van der Waals surface area contributed by atoms with E-state index in [0.29, 0.717) is 13.2 Å². The van der Waals surface area contributed by atoms with Crippen LogP contribution >= 0.6 is 35.8 Å². The van der Waals surface area contributed by atoms with Crippen molar-refractivity contribution in [2.45, 2.75) is 36.2 Å². The maximum atomic E-state index is 6.47. The van der Waals surface area contributed by atoms with Gasteiger partial charge < -0.3 is 14.0 Å². The number of rotatable bonds is 8. The van der Waals surface area contributed by atoms with Crippen LogP contribution in [-0.4, -0.2) is 33.8 Å². The summed E-state index contributed by atoms with van der Waals surface area (Å²) in [6.45, 7) is 1.24. The molecule has 1 aliphatic heterocycles. The SMILES string of the molecule is Cl.Clc1ccc(CCC2(Cn3ccnc3)OCC(CSc3ccccc3)O2)cc1. The molecule has 0 spiro atoms. The van der Waals surface area contributed by atoms with E-state index in [4.69, 9.17) is 21.1 Å². The summed E-state index contributed by atoms with van der Waals surface area (Å²) >= 11 is 7.81. The Kier molecular flexibility index (Phi) is 8.04. The highest BCUT2D eigenvalue weighted by Crippen LogP contribution is 2.33. The average Bonchev–Trinajstić information content (AvgIpc) is 3.38. The zero-order valence-electron chi connectivity index (χ0n) is 15.9. The van der Waals surface area contributed by atoms with E-state index in [1.165, 1.54) is 10.5 Å². The van der Waals surface area contributed by atoms with Crippen molar-refractivity contribution in [3.05, 3.63) is 83.9 Å². The predicted octanol–water partition coefficient (Wildman–Crippen LogP) is 5.50. The van der Waals surface area contributed by atoms with Gasteiger partial charge >= 0.3 is 0 Å². The summed E-state index contributed by atoms with van der Waals surface area (Å²) in [5, 5.41) is 0.753. The summed E-state index contributed by atoms with van der Waals surface area (Å²) in [7, 11) is 0. The minimum absolute atomic E-state index is 0. The van der Waals surface area contributed by atoms with Crippen LogP contribution in [0.1, 0.15) is 12.0 Å². The van der Waals surface area contributed by atoms with Crippen molar-refractivity contribution in [1.29, 1.82) is 0 Å². The Morgan fingerprint density at radius 1 is 1.14 bits per heavy atom. The molecule has 0 radical (unpaired) electrons. The lowest BCUT2D eigenvalue weighted by Gasteiger charge is -2.28. The summed E-state index contributed by atoms with van der Waals surface area (Å²) in [6.07, 6.45) is 7.25. The van der Waals surface area contributed by atoms with Crippen molar-refractivity contribution in [3.8, 4) is 0 Å². The molecular weight excluding hydrogens is 427 g/mol. The zero-order chi connectivity index (χ0) is 19.2. The van der Waals surface area contributed by atoms with Crippen molar-refractivity contribution in [1.82, 2.24) is 9.55 Å². The topological polar surface area (TPSA) is 36.3 Å². The second kappa shape index (κ2) is 10.5. The number of nitrogens with zero attached hydrogens (tertiary/aromatic N) is 2. The minimum Gasteiger partial charge on any atom is -0.345 e. The maximum absolute atomic E-state index is 6.47. The molecule has 0 N–H and O–H groups in total. The molecule has 7 heteroatoms. The van der Waals surface area contributed by atoms with Gasteiger partial charge in [-0.25, -0.2) is 4.98 Å². The van der Waals surface area contributed by atoms with Gasteiger partial charge in [-0.2, -0.15) is 0 Å². The van der Waals surface area contributed by atoms with Crippen LogP contribution in [0, 0.1) is 0 Å². The first-order valence-corrected chi connectivity index (χ1v) is 10.8. The Morgan fingerprint density at radius 3 is 2.66 bits per heavy atom.